The van der Waals surface area contributed by atoms with E-state index in [0.717, 1.165) is 25.2 Å². The minimum absolute atomic E-state index is 0.00938. The van der Waals surface area contributed by atoms with Crippen molar-refractivity contribution in [2.45, 2.75) is 25.0 Å². The highest BCUT2D eigenvalue weighted by Gasteiger charge is 2.38. The molecule has 6 nitrogen and oxygen atoms in total. The number of benzene rings is 1. The number of carbonyl (C=O) groups excluding carboxylic acids is 1. The topological polar surface area (TPSA) is 50.6 Å². The molecule has 0 radical (unpaired) electrons. The van der Waals surface area contributed by atoms with Crippen LogP contribution in [-0.4, -0.2) is 64.4 Å². The Kier molecular flexibility index (Phi) is 5.04. The Bertz CT molecular complexity index is 739. The summed E-state index contributed by atoms with van der Waals surface area (Å²) >= 11 is 0. The van der Waals surface area contributed by atoms with E-state index in [4.69, 9.17) is 4.74 Å². The monoisotopic (exact) mass is 354 g/mol. The van der Waals surface area contributed by atoms with Gasteiger partial charge in [-0.2, -0.15) is 5.10 Å². The molecule has 1 amide bonds. The van der Waals surface area contributed by atoms with Gasteiger partial charge >= 0.3 is 0 Å². The molecule has 0 bridgehead atoms. The lowest BCUT2D eigenvalue weighted by Crippen LogP contribution is -2.51. The second-order valence-corrected chi connectivity index (χ2v) is 7.17. The highest BCUT2D eigenvalue weighted by Crippen LogP contribution is 2.32. The van der Waals surface area contributed by atoms with E-state index in [2.05, 4.69) is 22.1 Å². The van der Waals surface area contributed by atoms with Crippen molar-refractivity contribution in [2.75, 3.05) is 32.8 Å². The molecule has 2 aliphatic rings. The van der Waals surface area contributed by atoms with E-state index in [9.17, 15) is 4.79 Å². The van der Waals surface area contributed by atoms with Gasteiger partial charge in [-0.25, -0.2) is 0 Å². The van der Waals surface area contributed by atoms with E-state index in [1.165, 1.54) is 12.8 Å². The van der Waals surface area contributed by atoms with Gasteiger partial charge in [-0.05, 0) is 31.5 Å². The van der Waals surface area contributed by atoms with Crippen molar-refractivity contribution >= 4 is 5.91 Å². The van der Waals surface area contributed by atoms with Crippen molar-refractivity contribution in [2.24, 2.45) is 7.05 Å². The van der Waals surface area contributed by atoms with E-state index in [1.54, 1.807) is 17.1 Å². The van der Waals surface area contributed by atoms with Gasteiger partial charge in [0, 0.05) is 26.3 Å². The molecule has 0 spiro atoms. The molecule has 0 aliphatic carbocycles. The Morgan fingerprint density at radius 1 is 1.19 bits per heavy atom. The predicted molar refractivity (Wildman–Crippen MR) is 98.8 cm³/mol. The van der Waals surface area contributed by atoms with Gasteiger partial charge in [-0.3, -0.25) is 9.48 Å². The van der Waals surface area contributed by atoms with Gasteiger partial charge in [-0.1, -0.05) is 30.3 Å². The highest BCUT2D eigenvalue weighted by atomic mass is 16.5. The van der Waals surface area contributed by atoms with Crippen molar-refractivity contribution in [1.82, 2.24) is 19.6 Å². The summed E-state index contributed by atoms with van der Waals surface area (Å²) in [5, 5.41) is 4.16. The van der Waals surface area contributed by atoms with Gasteiger partial charge in [0.15, 0.2) is 0 Å². The molecular weight excluding hydrogens is 328 g/mol. The lowest BCUT2D eigenvalue weighted by molar-refractivity contribution is -0.0707. The zero-order chi connectivity index (χ0) is 17.9. The van der Waals surface area contributed by atoms with Gasteiger partial charge in [-0.15, -0.1) is 0 Å². The van der Waals surface area contributed by atoms with Crippen molar-refractivity contribution in [3.63, 3.8) is 0 Å². The summed E-state index contributed by atoms with van der Waals surface area (Å²) in [6, 6.07) is 10.2. The molecule has 6 heteroatoms. The summed E-state index contributed by atoms with van der Waals surface area (Å²) in [6.45, 7) is 4.30. The van der Waals surface area contributed by atoms with Gasteiger partial charge in [0.2, 0.25) is 0 Å². The van der Waals surface area contributed by atoms with Crippen molar-refractivity contribution < 1.29 is 9.53 Å². The maximum absolute atomic E-state index is 13.2. The van der Waals surface area contributed by atoms with Crippen LogP contribution in [0, 0.1) is 0 Å². The Hall–Kier alpha value is -2.18. The smallest absolute Gasteiger partial charge is 0.257 e. The van der Waals surface area contributed by atoms with Crippen LogP contribution < -0.4 is 0 Å². The number of morpholine rings is 1. The lowest BCUT2D eigenvalue weighted by atomic mass is 9.97. The molecule has 0 N–H and O–H groups in total. The van der Waals surface area contributed by atoms with Gasteiger partial charge in [0.1, 0.15) is 0 Å². The average Bonchev–Trinajstić information content (AvgIpc) is 3.33. The molecule has 3 heterocycles. The first-order valence-corrected chi connectivity index (χ1v) is 9.41. The van der Waals surface area contributed by atoms with E-state index >= 15 is 0 Å². The minimum Gasteiger partial charge on any atom is -0.373 e. The average molecular weight is 354 g/mol. The summed E-state index contributed by atoms with van der Waals surface area (Å²) in [7, 11) is 1.83. The molecule has 4 rings (SSSR count). The third-order valence-electron chi connectivity index (χ3n) is 5.34. The van der Waals surface area contributed by atoms with E-state index in [0.29, 0.717) is 18.7 Å². The molecule has 2 fully saturated rings. The Balaban J connectivity index is 1.63. The molecule has 0 unspecified atom stereocenters. The fraction of sp³-hybridized carbons (Fsp3) is 0.500. The number of rotatable bonds is 4. The van der Waals surface area contributed by atoms with Crippen LogP contribution in [0.5, 0.6) is 0 Å². The number of amides is 1. The largest absolute Gasteiger partial charge is 0.373 e. The van der Waals surface area contributed by atoms with Crippen LogP contribution in [0.4, 0.5) is 0 Å². The molecule has 2 atom stereocenters. The van der Waals surface area contributed by atoms with Crippen LogP contribution in [0.2, 0.25) is 0 Å². The summed E-state index contributed by atoms with van der Waals surface area (Å²) in [5.41, 5.74) is 1.77. The summed E-state index contributed by atoms with van der Waals surface area (Å²) in [5.74, 6) is 0.0293. The summed E-state index contributed by atoms with van der Waals surface area (Å²) in [4.78, 5) is 17.6. The Morgan fingerprint density at radius 3 is 2.65 bits per heavy atom. The number of aryl methyl sites for hydroxylation is 1. The van der Waals surface area contributed by atoms with Crippen molar-refractivity contribution in [3.05, 3.63) is 53.9 Å². The number of aromatic nitrogens is 2. The maximum atomic E-state index is 13.2. The van der Waals surface area contributed by atoms with Crippen LogP contribution in [-0.2, 0) is 11.8 Å². The molecule has 2 saturated heterocycles. The van der Waals surface area contributed by atoms with Crippen molar-refractivity contribution in [3.8, 4) is 0 Å². The number of hydrogen-bond donors (Lipinski definition) is 0. The van der Waals surface area contributed by atoms with Gasteiger partial charge in [0.05, 0.1) is 30.5 Å². The third kappa shape index (κ3) is 3.52. The third-order valence-corrected chi connectivity index (χ3v) is 5.34. The molecule has 138 valence electrons. The fourth-order valence-electron chi connectivity index (χ4n) is 4.08. The Labute approximate surface area is 154 Å². The minimum atomic E-state index is -0.0711. The van der Waals surface area contributed by atoms with E-state index in [1.807, 2.05) is 30.1 Å². The molecule has 0 saturated carbocycles. The normalized spacial score (nSPS) is 24.1. The number of nitrogens with zero attached hydrogens (tertiary/aromatic N) is 4. The molecule has 2 aromatic rings. The van der Waals surface area contributed by atoms with Gasteiger partial charge in [0.25, 0.3) is 5.91 Å². The number of carbonyl (C=O) groups is 1. The lowest BCUT2D eigenvalue weighted by Gasteiger charge is -2.42. The van der Waals surface area contributed by atoms with Gasteiger partial charge < -0.3 is 14.5 Å². The zero-order valence-electron chi connectivity index (χ0n) is 15.3. The molecular formula is C20H26N4O2. The van der Waals surface area contributed by atoms with Crippen molar-refractivity contribution in [1.29, 1.82) is 0 Å². The first-order valence-electron chi connectivity index (χ1n) is 9.41. The van der Waals surface area contributed by atoms with E-state index < -0.39 is 0 Å². The summed E-state index contributed by atoms with van der Waals surface area (Å²) < 4.78 is 7.85. The second kappa shape index (κ2) is 7.60. The SMILES string of the molecule is Cn1cc(C(=O)N2CCO[C@@H](CN3CCCC3)[C@@H]2c2ccccc2)cn1. The first kappa shape index (κ1) is 17.2. The predicted octanol–water partition coefficient (Wildman–Crippen LogP) is 2.10. The standard InChI is InChI=1S/C20H26N4O2/c1-22-14-17(13-21-22)20(25)24-11-12-26-18(15-23-9-5-6-10-23)19(24)16-7-3-2-4-8-16/h2-4,7-8,13-14,18-19H,5-6,9-12,15H2,1H3/t18-,19-/m0/s1. The summed E-state index contributed by atoms with van der Waals surface area (Å²) in [6.07, 6.45) is 5.93. The van der Waals surface area contributed by atoms with Crippen LogP contribution in [0.3, 0.4) is 0 Å². The molecule has 26 heavy (non-hydrogen) atoms. The van der Waals surface area contributed by atoms with E-state index in [-0.39, 0.29) is 18.1 Å². The van der Waals surface area contributed by atoms with Crippen LogP contribution in [0.25, 0.3) is 0 Å². The van der Waals surface area contributed by atoms with Crippen LogP contribution in [0.15, 0.2) is 42.7 Å². The first-order chi connectivity index (χ1) is 12.7. The second-order valence-electron chi connectivity index (χ2n) is 7.17. The fourth-order valence-corrected chi connectivity index (χ4v) is 4.08. The number of ether oxygens (including phenoxy) is 1. The number of likely N-dealkylation sites (tertiary alicyclic amines) is 1. The molecule has 1 aromatic carbocycles. The molecule has 1 aromatic heterocycles. The van der Waals surface area contributed by atoms with Crippen LogP contribution in [0.1, 0.15) is 34.8 Å². The van der Waals surface area contributed by atoms with Crippen LogP contribution >= 0.6 is 0 Å². The maximum Gasteiger partial charge on any atom is 0.257 e. The highest BCUT2D eigenvalue weighted by molar-refractivity contribution is 5.94. The zero-order valence-corrected chi connectivity index (χ0v) is 15.3. The Morgan fingerprint density at radius 2 is 1.96 bits per heavy atom. The quantitative estimate of drug-likeness (QED) is 0.844. The molecule has 2 aliphatic heterocycles. The number of hydrogen-bond acceptors (Lipinski definition) is 4.